The summed E-state index contributed by atoms with van der Waals surface area (Å²) in [5, 5.41) is 14.2. The molecule has 1 unspecified atom stereocenters. The lowest BCUT2D eigenvalue weighted by Gasteiger charge is -2.33. The number of allylic oxidation sites excluding steroid dienone is 2. The molecule has 0 aromatic heterocycles. The van der Waals surface area contributed by atoms with E-state index in [1.54, 1.807) is 0 Å². The fraction of sp³-hybridized carbons (Fsp3) is 0.0208. The first-order valence-electron chi connectivity index (χ1n) is 34.4. The maximum atomic E-state index is 4.03. The summed E-state index contributed by atoms with van der Waals surface area (Å²) in [6.07, 6.45) is 6.14. The van der Waals surface area contributed by atoms with E-state index in [9.17, 15) is 0 Å². The van der Waals surface area contributed by atoms with Crippen LogP contribution >= 0.6 is 0 Å². The van der Waals surface area contributed by atoms with E-state index in [0.29, 0.717) is 0 Å². The van der Waals surface area contributed by atoms with Crippen LogP contribution in [-0.4, -0.2) is 6.04 Å². The summed E-state index contributed by atoms with van der Waals surface area (Å²) in [5.74, 6) is 0. The summed E-state index contributed by atoms with van der Waals surface area (Å²) >= 11 is 0. The molecule has 0 aliphatic carbocycles. The molecule has 0 N–H and O–H groups in total. The first kappa shape index (κ1) is 60.6. The third kappa shape index (κ3) is 10.9. The van der Waals surface area contributed by atoms with Crippen LogP contribution in [0.1, 0.15) is 6.92 Å². The predicted octanol–water partition coefficient (Wildman–Crippen LogP) is 27.3. The van der Waals surface area contributed by atoms with Gasteiger partial charge in [-0.2, -0.15) is 0 Å². The first-order valence-corrected chi connectivity index (χ1v) is 34.4. The lowest BCUT2D eigenvalue weighted by Crippen LogP contribution is -2.27. The van der Waals surface area contributed by atoms with E-state index in [2.05, 4.69) is 415 Å². The van der Waals surface area contributed by atoms with Crippen molar-refractivity contribution in [3.63, 3.8) is 0 Å². The first-order chi connectivity index (χ1) is 49.6. The molecule has 0 fully saturated rings. The minimum atomic E-state index is 0.0246. The highest BCUT2D eigenvalue weighted by molar-refractivity contribution is 6.25. The van der Waals surface area contributed by atoms with Gasteiger partial charge in [-0.3, -0.25) is 0 Å². The van der Waals surface area contributed by atoms with Crippen molar-refractivity contribution >= 4 is 127 Å². The van der Waals surface area contributed by atoms with E-state index in [0.717, 1.165) is 73.6 Å². The van der Waals surface area contributed by atoms with Crippen molar-refractivity contribution < 1.29 is 0 Å². The van der Waals surface area contributed by atoms with Crippen molar-refractivity contribution in [3.05, 3.63) is 395 Å². The second kappa shape index (κ2) is 26.5. The van der Waals surface area contributed by atoms with E-state index < -0.39 is 0 Å². The summed E-state index contributed by atoms with van der Waals surface area (Å²) in [5.41, 5.74) is 19.1. The van der Waals surface area contributed by atoms with Crippen molar-refractivity contribution in [1.82, 2.24) is 0 Å². The molecule has 1 atom stereocenters. The van der Waals surface area contributed by atoms with Crippen LogP contribution in [0.3, 0.4) is 0 Å². The molecule has 0 heterocycles. The number of fused-ring (bicyclic) bond motifs is 6. The zero-order valence-corrected chi connectivity index (χ0v) is 55.5. The van der Waals surface area contributed by atoms with Crippen LogP contribution in [0.15, 0.2) is 395 Å². The maximum Gasteiger partial charge on any atom is 0.0618 e. The molecule has 17 rings (SSSR count). The Morgan fingerprint density at radius 2 is 0.430 bits per heavy atom. The van der Waals surface area contributed by atoms with Gasteiger partial charge in [0.15, 0.2) is 0 Å². The summed E-state index contributed by atoms with van der Waals surface area (Å²) < 4.78 is 0. The molecule has 0 radical (unpaired) electrons. The Balaban J connectivity index is 0.829. The smallest absolute Gasteiger partial charge is 0.0618 e. The molecule has 0 amide bonds. The van der Waals surface area contributed by atoms with E-state index in [4.69, 9.17) is 0 Å². The van der Waals surface area contributed by atoms with E-state index in [1.165, 1.54) is 87.0 Å². The van der Waals surface area contributed by atoms with E-state index in [1.807, 2.05) is 6.08 Å². The van der Waals surface area contributed by atoms with Gasteiger partial charge in [-0.05, 0) is 170 Å². The van der Waals surface area contributed by atoms with E-state index >= 15 is 0 Å². The second-order valence-electron chi connectivity index (χ2n) is 25.5. The molecule has 17 aromatic carbocycles. The average molecular weight is 1280 g/mol. The van der Waals surface area contributed by atoms with Crippen molar-refractivity contribution in [2.24, 2.45) is 0 Å². The van der Waals surface area contributed by atoms with Gasteiger partial charge in [0.25, 0.3) is 0 Å². The molecule has 0 saturated heterocycles. The maximum absolute atomic E-state index is 4.03. The van der Waals surface area contributed by atoms with Crippen LogP contribution in [0.5, 0.6) is 0 Å². The second-order valence-corrected chi connectivity index (χ2v) is 25.5. The van der Waals surface area contributed by atoms with Gasteiger partial charge in [0, 0.05) is 83.9 Å². The highest BCUT2D eigenvalue weighted by atomic mass is 15.2. The molecule has 0 bridgehead atoms. The molecular weight excluding hydrogens is 1210 g/mol. The van der Waals surface area contributed by atoms with Gasteiger partial charge in [-0.15, -0.1) is 0 Å². The molecule has 4 nitrogen and oxygen atoms in total. The third-order valence-electron chi connectivity index (χ3n) is 19.7. The Morgan fingerprint density at radius 1 is 0.220 bits per heavy atom. The molecule has 0 aliphatic heterocycles. The molecule has 4 heteroatoms. The minimum Gasteiger partial charge on any atom is -0.334 e. The summed E-state index contributed by atoms with van der Waals surface area (Å²) in [4.78, 5) is 9.73. The highest BCUT2D eigenvalue weighted by Crippen LogP contribution is 2.52. The summed E-state index contributed by atoms with van der Waals surface area (Å²) in [6.45, 7) is 6.29. The molecule has 100 heavy (non-hydrogen) atoms. The van der Waals surface area contributed by atoms with Crippen molar-refractivity contribution in [1.29, 1.82) is 0 Å². The van der Waals surface area contributed by atoms with Crippen LogP contribution in [0.25, 0.3) is 98.0 Å². The van der Waals surface area contributed by atoms with Gasteiger partial charge < -0.3 is 19.6 Å². The number of para-hydroxylation sites is 5. The molecule has 474 valence electrons. The fourth-order valence-corrected chi connectivity index (χ4v) is 15.4. The average Bonchev–Trinajstić information content (AvgIpc) is 0.743. The Morgan fingerprint density at radius 3 is 0.680 bits per heavy atom. The van der Waals surface area contributed by atoms with Crippen LogP contribution in [0, 0.1) is 0 Å². The van der Waals surface area contributed by atoms with Gasteiger partial charge >= 0.3 is 0 Å². The Kier molecular flexibility index (Phi) is 16.1. The standard InChI is InChI=1S/C96H70N4/c1-3-4-32-67(2)97(71-33-10-5-11-34-71)94-85-49-26-20-43-79(85)91(80-44-21-27-50-86(80)94)68-55-61-76(62-56-68)98(77-63-57-69(58-64-77)92-81-45-22-28-51-87(81)95(88-52-29-23-46-82(88)92)99(72-35-12-6-13-36-72)73-37-14-7-15-38-73)78-65-59-70(60-66-78)93-83-47-24-30-53-89(83)96(90-54-31-25-48-84(90)93)100(74-39-16-8-17-40-74)75-41-18-9-19-42-75/h3-67H,1H2,2H3/b32-4-. The summed E-state index contributed by atoms with van der Waals surface area (Å²) in [7, 11) is 0. The topological polar surface area (TPSA) is 13.0 Å². The number of benzene rings is 17. The van der Waals surface area contributed by atoms with Gasteiger partial charge in [-0.1, -0.05) is 298 Å². The largest absolute Gasteiger partial charge is 0.334 e. The molecular formula is C96H70N4. The Hall–Kier alpha value is -13.0. The molecule has 0 spiro atoms. The van der Waals surface area contributed by atoms with Gasteiger partial charge in [0.1, 0.15) is 0 Å². The Labute approximate surface area is 584 Å². The third-order valence-corrected chi connectivity index (χ3v) is 19.7. The van der Waals surface area contributed by atoms with Crippen molar-refractivity contribution in [2.45, 2.75) is 13.0 Å². The van der Waals surface area contributed by atoms with Crippen LogP contribution in [0.4, 0.5) is 62.6 Å². The summed E-state index contributed by atoms with van der Waals surface area (Å²) in [6, 6.07) is 135. The van der Waals surface area contributed by atoms with Gasteiger partial charge in [0.2, 0.25) is 0 Å². The van der Waals surface area contributed by atoms with Crippen LogP contribution in [-0.2, 0) is 0 Å². The zero-order chi connectivity index (χ0) is 66.9. The monoisotopic (exact) mass is 1280 g/mol. The number of anilines is 11. The predicted molar refractivity (Wildman–Crippen MR) is 429 cm³/mol. The van der Waals surface area contributed by atoms with E-state index in [-0.39, 0.29) is 6.04 Å². The quantitative estimate of drug-likeness (QED) is 0.0665. The highest BCUT2D eigenvalue weighted by Gasteiger charge is 2.27. The van der Waals surface area contributed by atoms with Crippen molar-refractivity contribution in [2.75, 3.05) is 19.6 Å². The van der Waals surface area contributed by atoms with Gasteiger partial charge in [-0.25, -0.2) is 0 Å². The number of hydrogen-bond acceptors (Lipinski definition) is 4. The Bertz CT molecular complexity index is 5360. The zero-order valence-electron chi connectivity index (χ0n) is 55.5. The molecule has 0 saturated carbocycles. The normalized spacial score (nSPS) is 11.8. The van der Waals surface area contributed by atoms with Crippen molar-refractivity contribution in [3.8, 4) is 33.4 Å². The lowest BCUT2D eigenvalue weighted by molar-refractivity contribution is 0.871. The SMILES string of the molecule is C=C/C=C\C(C)N(c1ccccc1)c1c2ccccc2c(-c2ccc(N(c3ccc(-c4c5ccccc5c(N(c5ccccc5)c5ccccc5)c5ccccc45)cc3)c3ccc(-c4c5ccccc5c(N(c5ccccc5)c5ccccc5)c5ccccc45)cc3)cc2)c2ccccc12. The lowest BCUT2D eigenvalue weighted by atomic mass is 9.89. The van der Waals surface area contributed by atoms with Crippen LogP contribution < -0.4 is 19.6 Å². The minimum absolute atomic E-state index is 0.0246. The number of rotatable bonds is 17. The van der Waals surface area contributed by atoms with Gasteiger partial charge in [0.05, 0.1) is 17.1 Å². The fourth-order valence-electron chi connectivity index (χ4n) is 15.4. The van der Waals surface area contributed by atoms with Crippen LogP contribution in [0.2, 0.25) is 0 Å². The number of hydrogen-bond donors (Lipinski definition) is 0. The number of nitrogens with zero attached hydrogens (tertiary/aromatic N) is 4. The molecule has 17 aromatic rings. The molecule has 0 aliphatic rings.